The fraction of sp³-hybridized carbons (Fsp3) is 0.667. The van der Waals surface area contributed by atoms with E-state index in [-0.39, 0.29) is 28.2 Å². The largest absolute Gasteiger partial charge is 0.478 e. The van der Waals surface area contributed by atoms with Crippen LogP contribution < -0.4 is 0 Å². The highest BCUT2D eigenvalue weighted by atomic mass is 32.2. The van der Waals surface area contributed by atoms with E-state index in [0.717, 1.165) is 12.8 Å². The number of aromatic carboxylic acids is 1. The van der Waals surface area contributed by atoms with Crippen LogP contribution in [0, 0.1) is 12.8 Å². The first-order valence-corrected chi connectivity index (χ1v) is 8.01. The van der Waals surface area contributed by atoms with Crippen molar-refractivity contribution in [2.24, 2.45) is 5.92 Å². The van der Waals surface area contributed by atoms with Crippen molar-refractivity contribution in [3.8, 4) is 0 Å². The third-order valence-electron chi connectivity index (χ3n) is 3.70. The van der Waals surface area contributed by atoms with E-state index >= 15 is 0 Å². The van der Waals surface area contributed by atoms with Gasteiger partial charge >= 0.3 is 5.97 Å². The van der Waals surface area contributed by atoms with Gasteiger partial charge in [0.15, 0.2) is 0 Å². The number of aromatic nitrogens is 2. The van der Waals surface area contributed by atoms with Gasteiger partial charge in [0.2, 0.25) is 5.03 Å². The monoisotopic (exact) mass is 301 g/mol. The Bertz CT molecular complexity index is 621. The first-order valence-electron chi connectivity index (χ1n) is 6.57. The number of carboxylic acids is 1. The van der Waals surface area contributed by atoms with Crippen LogP contribution in [-0.4, -0.2) is 46.6 Å². The summed E-state index contributed by atoms with van der Waals surface area (Å²) in [6, 6.07) is -0.0985. The normalized spacial score (nSPS) is 20.7. The molecule has 2 N–H and O–H groups in total. The lowest BCUT2D eigenvalue weighted by Gasteiger charge is -2.26. The third kappa shape index (κ3) is 2.33. The lowest BCUT2D eigenvalue weighted by molar-refractivity contribution is 0.0691. The molecule has 8 heteroatoms. The average Bonchev–Trinajstić information content (AvgIpc) is 2.94. The zero-order valence-electron chi connectivity index (χ0n) is 11.8. The Morgan fingerprint density at radius 1 is 1.50 bits per heavy atom. The van der Waals surface area contributed by atoms with Gasteiger partial charge in [-0.1, -0.05) is 13.8 Å². The van der Waals surface area contributed by atoms with Crippen LogP contribution in [0.2, 0.25) is 0 Å². The van der Waals surface area contributed by atoms with Gasteiger partial charge in [-0.3, -0.25) is 5.10 Å². The third-order valence-corrected chi connectivity index (χ3v) is 5.55. The number of hydrogen-bond donors (Lipinski definition) is 2. The molecule has 0 saturated carbocycles. The SMILES string of the molecule is Cc1[nH]nc(S(=O)(=O)N2CCCC2C(C)C)c1C(=O)O. The zero-order chi connectivity index (χ0) is 15.1. The predicted molar refractivity (Wildman–Crippen MR) is 72.0 cm³/mol. The molecule has 0 spiro atoms. The van der Waals surface area contributed by atoms with E-state index in [1.165, 1.54) is 11.2 Å². The molecule has 7 nitrogen and oxygen atoms in total. The van der Waals surface area contributed by atoms with Crippen LogP contribution in [0.25, 0.3) is 0 Å². The molecule has 1 unspecified atom stereocenters. The second kappa shape index (κ2) is 5.17. The van der Waals surface area contributed by atoms with Crippen LogP contribution in [0.1, 0.15) is 42.7 Å². The Morgan fingerprint density at radius 3 is 2.70 bits per heavy atom. The van der Waals surface area contributed by atoms with Gasteiger partial charge in [-0.05, 0) is 25.7 Å². The van der Waals surface area contributed by atoms with Crippen LogP contribution >= 0.6 is 0 Å². The minimum Gasteiger partial charge on any atom is -0.478 e. The second-order valence-corrected chi connectivity index (χ2v) is 7.21. The molecule has 1 fully saturated rings. The van der Waals surface area contributed by atoms with Crippen molar-refractivity contribution in [1.29, 1.82) is 0 Å². The maximum atomic E-state index is 12.7. The van der Waals surface area contributed by atoms with Crippen LogP contribution in [-0.2, 0) is 10.0 Å². The van der Waals surface area contributed by atoms with Gasteiger partial charge in [0.1, 0.15) is 5.56 Å². The Morgan fingerprint density at radius 2 is 2.15 bits per heavy atom. The van der Waals surface area contributed by atoms with Crippen LogP contribution in [0.5, 0.6) is 0 Å². The smallest absolute Gasteiger partial charge is 0.340 e. The van der Waals surface area contributed by atoms with Gasteiger partial charge in [0.25, 0.3) is 10.0 Å². The molecule has 2 heterocycles. The van der Waals surface area contributed by atoms with Crippen molar-refractivity contribution >= 4 is 16.0 Å². The summed E-state index contributed by atoms with van der Waals surface area (Å²) in [7, 11) is -3.88. The van der Waals surface area contributed by atoms with E-state index in [9.17, 15) is 18.3 Å². The van der Waals surface area contributed by atoms with Gasteiger partial charge in [-0.2, -0.15) is 9.40 Å². The Kier molecular flexibility index (Phi) is 3.88. The number of rotatable bonds is 4. The summed E-state index contributed by atoms with van der Waals surface area (Å²) in [5.41, 5.74) is -0.0178. The molecule has 1 atom stereocenters. The minimum absolute atomic E-state index is 0.0985. The van der Waals surface area contributed by atoms with Crippen LogP contribution in [0.3, 0.4) is 0 Å². The molecule has 0 aromatic carbocycles. The Labute approximate surface area is 118 Å². The summed E-state index contributed by atoms with van der Waals surface area (Å²) in [5.74, 6) is -1.10. The van der Waals surface area contributed by atoms with Gasteiger partial charge in [0, 0.05) is 18.3 Å². The number of hydrogen-bond acceptors (Lipinski definition) is 4. The maximum Gasteiger partial charge on any atom is 0.340 e. The summed E-state index contributed by atoms with van der Waals surface area (Å²) in [4.78, 5) is 11.2. The summed E-state index contributed by atoms with van der Waals surface area (Å²) >= 11 is 0. The molecule has 1 saturated heterocycles. The van der Waals surface area contributed by atoms with Crippen molar-refractivity contribution in [3.63, 3.8) is 0 Å². The summed E-state index contributed by atoms with van der Waals surface area (Å²) in [5, 5.41) is 15.0. The number of nitrogens with zero attached hydrogens (tertiary/aromatic N) is 2. The van der Waals surface area contributed by atoms with Gasteiger partial charge < -0.3 is 5.11 Å². The van der Waals surface area contributed by atoms with Crippen molar-refractivity contribution < 1.29 is 18.3 Å². The van der Waals surface area contributed by atoms with E-state index in [4.69, 9.17) is 0 Å². The van der Waals surface area contributed by atoms with Gasteiger partial charge in [0.05, 0.1) is 0 Å². The number of sulfonamides is 1. The first-order chi connectivity index (χ1) is 9.26. The zero-order valence-corrected chi connectivity index (χ0v) is 12.6. The van der Waals surface area contributed by atoms with Gasteiger partial charge in [-0.25, -0.2) is 13.2 Å². The quantitative estimate of drug-likeness (QED) is 0.870. The first kappa shape index (κ1) is 15.0. The Balaban J connectivity index is 2.48. The summed E-state index contributed by atoms with van der Waals surface area (Å²) in [6.45, 7) is 5.84. The summed E-state index contributed by atoms with van der Waals surface area (Å²) < 4.78 is 26.7. The van der Waals surface area contributed by atoms with Gasteiger partial charge in [-0.15, -0.1) is 0 Å². The lowest BCUT2D eigenvalue weighted by atomic mass is 10.0. The van der Waals surface area contributed by atoms with Crippen LogP contribution in [0.15, 0.2) is 5.03 Å². The number of nitrogens with one attached hydrogen (secondary N) is 1. The molecule has 0 bridgehead atoms. The highest BCUT2D eigenvalue weighted by Crippen LogP contribution is 2.31. The molecule has 1 aromatic rings. The maximum absolute atomic E-state index is 12.7. The van der Waals surface area contributed by atoms with E-state index in [1.807, 2.05) is 13.8 Å². The number of aryl methyl sites for hydroxylation is 1. The average molecular weight is 301 g/mol. The van der Waals surface area contributed by atoms with E-state index < -0.39 is 16.0 Å². The number of aromatic amines is 1. The fourth-order valence-electron chi connectivity index (χ4n) is 2.69. The molecule has 1 aliphatic heterocycles. The minimum atomic E-state index is -3.88. The van der Waals surface area contributed by atoms with E-state index in [0.29, 0.717) is 6.54 Å². The van der Waals surface area contributed by atoms with E-state index in [2.05, 4.69) is 10.2 Å². The summed E-state index contributed by atoms with van der Waals surface area (Å²) in [6.07, 6.45) is 1.58. The standard InChI is InChI=1S/C12H19N3O4S/c1-7(2)9-5-4-6-15(9)20(18,19)11-10(12(16)17)8(3)13-14-11/h7,9H,4-6H2,1-3H3,(H,13,14)(H,16,17). The number of carboxylic acid groups (broad SMARTS) is 1. The molecule has 0 radical (unpaired) electrons. The predicted octanol–water partition coefficient (Wildman–Crippen LogP) is 1.23. The molecular formula is C12H19N3O4S. The van der Waals surface area contributed by atoms with E-state index in [1.54, 1.807) is 0 Å². The molecule has 1 aliphatic rings. The molecule has 20 heavy (non-hydrogen) atoms. The highest BCUT2D eigenvalue weighted by molar-refractivity contribution is 7.89. The molecule has 0 amide bonds. The highest BCUT2D eigenvalue weighted by Gasteiger charge is 2.40. The molecular weight excluding hydrogens is 282 g/mol. The Hall–Kier alpha value is -1.41. The lowest BCUT2D eigenvalue weighted by Crippen LogP contribution is -2.39. The molecule has 112 valence electrons. The van der Waals surface area contributed by atoms with Crippen molar-refractivity contribution in [1.82, 2.24) is 14.5 Å². The van der Waals surface area contributed by atoms with Crippen LogP contribution in [0.4, 0.5) is 0 Å². The molecule has 1 aromatic heterocycles. The molecule has 0 aliphatic carbocycles. The fourth-order valence-corrected chi connectivity index (χ4v) is 4.64. The second-order valence-electron chi connectivity index (χ2n) is 5.40. The van der Waals surface area contributed by atoms with Crippen molar-refractivity contribution in [2.45, 2.75) is 44.7 Å². The number of carbonyl (C=O) groups is 1. The van der Waals surface area contributed by atoms with Crippen molar-refractivity contribution in [3.05, 3.63) is 11.3 Å². The molecule has 2 rings (SSSR count). The van der Waals surface area contributed by atoms with Crippen molar-refractivity contribution in [2.75, 3.05) is 6.54 Å². The number of H-pyrrole nitrogens is 1. The topological polar surface area (TPSA) is 103 Å².